The molecular weight excluding hydrogens is 216 g/mol. The third kappa shape index (κ3) is 2.24. The van der Waals surface area contributed by atoms with Gasteiger partial charge in [-0.05, 0) is 6.92 Å². The van der Waals surface area contributed by atoms with Crippen LogP contribution in [-0.2, 0) is 7.05 Å². The van der Waals surface area contributed by atoms with E-state index in [4.69, 9.17) is 16.3 Å². The number of ether oxygens (including phenoxy) is 1. The minimum absolute atomic E-state index is 0.294. The SMILES string of the molecule is Cc1cnc(Cl)cc1Oc1ncn(C)n1. The summed E-state index contributed by atoms with van der Waals surface area (Å²) in [4.78, 5) is 7.87. The van der Waals surface area contributed by atoms with Gasteiger partial charge in [0.25, 0.3) is 0 Å². The fourth-order valence-corrected chi connectivity index (χ4v) is 1.20. The van der Waals surface area contributed by atoms with Crippen molar-refractivity contribution in [2.45, 2.75) is 6.92 Å². The summed E-state index contributed by atoms with van der Waals surface area (Å²) in [6.45, 7) is 1.88. The Morgan fingerprint density at radius 1 is 1.40 bits per heavy atom. The lowest BCUT2D eigenvalue weighted by atomic mass is 10.3. The Bertz CT molecular complexity index is 483. The Morgan fingerprint density at radius 3 is 2.87 bits per heavy atom. The molecule has 0 aliphatic carbocycles. The number of pyridine rings is 1. The number of aryl methyl sites for hydroxylation is 2. The molecule has 2 aromatic heterocycles. The first-order chi connectivity index (χ1) is 7.15. The zero-order chi connectivity index (χ0) is 10.8. The van der Waals surface area contributed by atoms with Crippen molar-refractivity contribution in [3.8, 4) is 11.8 Å². The average Bonchev–Trinajstić information content (AvgIpc) is 2.58. The molecule has 5 nitrogen and oxygen atoms in total. The Morgan fingerprint density at radius 2 is 2.20 bits per heavy atom. The summed E-state index contributed by atoms with van der Waals surface area (Å²) in [5.74, 6) is 0.612. The molecule has 0 saturated carbocycles. The van der Waals surface area contributed by atoms with E-state index in [1.165, 1.54) is 0 Å². The first kappa shape index (κ1) is 9.92. The second kappa shape index (κ2) is 3.86. The van der Waals surface area contributed by atoms with E-state index in [2.05, 4.69) is 15.1 Å². The summed E-state index contributed by atoms with van der Waals surface area (Å²) in [5, 5.41) is 4.38. The highest BCUT2D eigenvalue weighted by Crippen LogP contribution is 2.23. The molecule has 0 unspecified atom stereocenters. The summed E-state index contributed by atoms with van der Waals surface area (Å²) < 4.78 is 7.01. The zero-order valence-corrected chi connectivity index (χ0v) is 9.06. The highest BCUT2D eigenvalue weighted by Gasteiger charge is 2.06. The molecule has 0 aromatic carbocycles. The van der Waals surface area contributed by atoms with Gasteiger partial charge >= 0.3 is 6.01 Å². The summed E-state index contributed by atoms with van der Waals surface area (Å²) in [6.07, 6.45) is 3.20. The normalized spacial score (nSPS) is 10.3. The predicted octanol–water partition coefficient (Wildman–Crippen LogP) is 1.96. The number of aromatic nitrogens is 4. The maximum absolute atomic E-state index is 5.75. The number of rotatable bonds is 2. The summed E-state index contributed by atoms with van der Waals surface area (Å²) in [7, 11) is 1.77. The van der Waals surface area contributed by atoms with Gasteiger partial charge in [0.2, 0.25) is 0 Å². The van der Waals surface area contributed by atoms with Crippen LogP contribution in [0.4, 0.5) is 0 Å². The van der Waals surface area contributed by atoms with Gasteiger partial charge in [0.1, 0.15) is 17.2 Å². The van der Waals surface area contributed by atoms with Crippen LogP contribution >= 0.6 is 11.6 Å². The highest BCUT2D eigenvalue weighted by molar-refractivity contribution is 6.29. The van der Waals surface area contributed by atoms with Gasteiger partial charge in [0.15, 0.2) is 0 Å². The Kier molecular flexibility index (Phi) is 2.55. The van der Waals surface area contributed by atoms with Gasteiger partial charge in [0, 0.05) is 24.9 Å². The van der Waals surface area contributed by atoms with E-state index in [9.17, 15) is 0 Å². The molecule has 0 radical (unpaired) electrons. The molecule has 15 heavy (non-hydrogen) atoms. The predicted molar refractivity (Wildman–Crippen MR) is 55.1 cm³/mol. The van der Waals surface area contributed by atoms with Crippen molar-refractivity contribution < 1.29 is 4.74 Å². The van der Waals surface area contributed by atoms with E-state index in [-0.39, 0.29) is 0 Å². The lowest BCUT2D eigenvalue weighted by Crippen LogP contribution is -1.92. The van der Waals surface area contributed by atoms with Crippen molar-refractivity contribution in [2.75, 3.05) is 0 Å². The van der Waals surface area contributed by atoms with Crippen LogP contribution in [0.25, 0.3) is 0 Å². The lowest BCUT2D eigenvalue weighted by molar-refractivity contribution is 0.435. The molecule has 2 heterocycles. The van der Waals surface area contributed by atoms with Crippen LogP contribution in [-0.4, -0.2) is 19.7 Å². The Balaban J connectivity index is 2.27. The first-order valence-electron chi connectivity index (χ1n) is 4.31. The van der Waals surface area contributed by atoms with Gasteiger partial charge in [-0.15, -0.1) is 5.10 Å². The van der Waals surface area contributed by atoms with Crippen molar-refractivity contribution in [3.63, 3.8) is 0 Å². The number of nitrogens with zero attached hydrogens (tertiary/aromatic N) is 4. The van der Waals surface area contributed by atoms with E-state index in [1.54, 1.807) is 30.3 Å². The molecule has 0 spiro atoms. The van der Waals surface area contributed by atoms with Crippen LogP contribution in [0.5, 0.6) is 11.8 Å². The topological polar surface area (TPSA) is 52.8 Å². The quantitative estimate of drug-likeness (QED) is 0.732. The van der Waals surface area contributed by atoms with Gasteiger partial charge < -0.3 is 4.74 Å². The second-order valence-corrected chi connectivity index (χ2v) is 3.46. The molecule has 78 valence electrons. The molecule has 0 atom stereocenters. The second-order valence-electron chi connectivity index (χ2n) is 3.08. The standard InChI is InChI=1S/C9H9ClN4O/c1-6-4-11-8(10)3-7(6)15-9-12-5-14(2)13-9/h3-5H,1-2H3. The number of hydrogen-bond acceptors (Lipinski definition) is 4. The molecular formula is C9H9ClN4O. The zero-order valence-electron chi connectivity index (χ0n) is 8.31. The monoisotopic (exact) mass is 224 g/mol. The molecule has 0 aliphatic heterocycles. The van der Waals surface area contributed by atoms with Gasteiger partial charge in [0.05, 0.1) is 0 Å². The Labute approximate surface area is 91.7 Å². The maximum atomic E-state index is 5.75. The van der Waals surface area contributed by atoms with Crippen LogP contribution in [0.2, 0.25) is 5.15 Å². The summed E-state index contributed by atoms with van der Waals surface area (Å²) >= 11 is 5.75. The largest absolute Gasteiger partial charge is 0.423 e. The minimum atomic E-state index is 0.294. The van der Waals surface area contributed by atoms with Crippen LogP contribution < -0.4 is 4.74 Å². The minimum Gasteiger partial charge on any atom is -0.423 e. The van der Waals surface area contributed by atoms with E-state index in [0.29, 0.717) is 16.9 Å². The summed E-state index contributed by atoms with van der Waals surface area (Å²) in [6, 6.07) is 1.93. The lowest BCUT2D eigenvalue weighted by Gasteiger charge is -2.04. The van der Waals surface area contributed by atoms with Crippen molar-refractivity contribution in [1.29, 1.82) is 0 Å². The molecule has 6 heteroatoms. The first-order valence-corrected chi connectivity index (χ1v) is 4.68. The van der Waals surface area contributed by atoms with Crippen molar-refractivity contribution >= 4 is 11.6 Å². The van der Waals surface area contributed by atoms with Crippen molar-refractivity contribution in [1.82, 2.24) is 19.7 Å². The van der Waals surface area contributed by atoms with Gasteiger partial charge in [-0.25, -0.2) is 4.98 Å². The molecule has 0 saturated heterocycles. The van der Waals surface area contributed by atoms with Gasteiger partial charge in [-0.1, -0.05) is 11.6 Å². The molecule has 2 rings (SSSR count). The Hall–Kier alpha value is -1.62. The smallest absolute Gasteiger partial charge is 0.340 e. The molecule has 0 N–H and O–H groups in total. The van der Waals surface area contributed by atoms with E-state index in [0.717, 1.165) is 5.56 Å². The molecule has 0 aliphatic rings. The third-order valence-corrected chi connectivity index (χ3v) is 2.01. The fraction of sp³-hybridized carbons (Fsp3) is 0.222. The van der Waals surface area contributed by atoms with E-state index in [1.807, 2.05) is 6.92 Å². The van der Waals surface area contributed by atoms with Crippen LogP contribution in [0.3, 0.4) is 0 Å². The molecule has 0 fully saturated rings. The van der Waals surface area contributed by atoms with Crippen LogP contribution in [0.15, 0.2) is 18.6 Å². The van der Waals surface area contributed by atoms with Gasteiger partial charge in [-0.3, -0.25) is 4.68 Å². The molecule has 2 aromatic rings. The van der Waals surface area contributed by atoms with Crippen molar-refractivity contribution in [3.05, 3.63) is 29.3 Å². The third-order valence-electron chi connectivity index (χ3n) is 1.80. The molecule has 0 bridgehead atoms. The van der Waals surface area contributed by atoms with Crippen LogP contribution in [0, 0.1) is 6.92 Å². The number of halogens is 1. The van der Waals surface area contributed by atoms with Gasteiger partial charge in [-0.2, -0.15) is 4.98 Å². The molecule has 0 amide bonds. The van der Waals surface area contributed by atoms with Crippen LogP contribution in [0.1, 0.15) is 5.56 Å². The van der Waals surface area contributed by atoms with E-state index < -0.39 is 0 Å². The number of hydrogen-bond donors (Lipinski definition) is 0. The average molecular weight is 225 g/mol. The van der Waals surface area contributed by atoms with Crippen molar-refractivity contribution in [2.24, 2.45) is 7.05 Å². The maximum Gasteiger partial charge on any atom is 0.340 e. The van der Waals surface area contributed by atoms with E-state index >= 15 is 0 Å². The summed E-state index contributed by atoms with van der Waals surface area (Å²) in [5.41, 5.74) is 0.881. The fourth-order valence-electron chi connectivity index (χ4n) is 1.06. The highest BCUT2D eigenvalue weighted by atomic mass is 35.5.